The van der Waals surface area contributed by atoms with Gasteiger partial charge in [-0.25, -0.2) is 4.39 Å². The molecule has 0 atom stereocenters. The molecule has 6 heteroatoms. The van der Waals surface area contributed by atoms with Gasteiger partial charge in [-0.05, 0) is 56.3 Å². The largest absolute Gasteiger partial charge is 0.508 e. The van der Waals surface area contributed by atoms with E-state index in [4.69, 9.17) is 4.74 Å². The van der Waals surface area contributed by atoms with Gasteiger partial charge in [0.1, 0.15) is 12.3 Å². The Morgan fingerprint density at radius 1 is 1.23 bits per heavy atom. The van der Waals surface area contributed by atoms with Crippen molar-refractivity contribution in [3.05, 3.63) is 48.3 Å². The number of methoxy groups -OCH3 is 1. The minimum atomic E-state index is -0.450. The Hall–Kier alpha value is -3.02. The topological polar surface area (TPSA) is 63.5 Å². The number of hydrogen-bond donors (Lipinski definition) is 2. The summed E-state index contributed by atoms with van der Waals surface area (Å²) in [5.74, 6) is -0.298. The lowest BCUT2D eigenvalue weighted by Gasteiger charge is -2.14. The van der Waals surface area contributed by atoms with Crippen molar-refractivity contribution in [1.82, 2.24) is 9.88 Å². The molecule has 2 N–H and O–H groups in total. The van der Waals surface area contributed by atoms with E-state index < -0.39 is 5.82 Å². The highest BCUT2D eigenvalue weighted by Gasteiger charge is 2.16. The molecule has 136 valence electrons. The third kappa shape index (κ3) is 3.49. The Bertz CT molecular complexity index is 963. The molecule has 0 fully saturated rings. The van der Waals surface area contributed by atoms with Gasteiger partial charge < -0.3 is 19.7 Å². The third-order valence-corrected chi connectivity index (χ3v) is 4.08. The van der Waals surface area contributed by atoms with E-state index in [-0.39, 0.29) is 30.0 Å². The second-order valence-electron chi connectivity index (χ2n) is 6.43. The number of phenols is 1. The van der Waals surface area contributed by atoms with Crippen LogP contribution in [-0.2, 0) is 11.3 Å². The van der Waals surface area contributed by atoms with Crippen molar-refractivity contribution in [3.63, 3.8) is 0 Å². The molecular weight excluding hydrogens is 335 g/mol. The summed E-state index contributed by atoms with van der Waals surface area (Å²) in [4.78, 5) is 12.3. The maximum atomic E-state index is 13.8. The van der Waals surface area contributed by atoms with Gasteiger partial charge in [0.25, 0.3) is 0 Å². The number of carbonyl (C=O) groups excluding carboxylic acids is 1. The Morgan fingerprint density at radius 3 is 2.69 bits per heavy atom. The highest BCUT2D eigenvalue weighted by Crippen LogP contribution is 2.32. The van der Waals surface area contributed by atoms with E-state index in [1.165, 1.54) is 13.2 Å². The normalized spacial score (nSPS) is 11.1. The zero-order valence-corrected chi connectivity index (χ0v) is 14.9. The summed E-state index contributed by atoms with van der Waals surface area (Å²) in [5.41, 5.74) is 2.26. The van der Waals surface area contributed by atoms with E-state index in [1.54, 1.807) is 30.3 Å². The number of amides is 1. The average Bonchev–Trinajstić information content (AvgIpc) is 2.92. The van der Waals surface area contributed by atoms with Gasteiger partial charge >= 0.3 is 0 Å². The van der Waals surface area contributed by atoms with Crippen LogP contribution in [0.15, 0.2) is 42.5 Å². The van der Waals surface area contributed by atoms with E-state index in [9.17, 15) is 14.3 Å². The molecule has 0 radical (unpaired) electrons. The zero-order valence-electron chi connectivity index (χ0n) is 14.9. The molecular formula is C20H21FN2O3. The fourth-order valence-electron chi connectivity index (χ4n) is 3.00. The molecule has 0 saturated heterocycles. The van der Waals surface area contributed by atoms with Crippen molar-refractivity contribution in [3.8, 4) is 22.8 Å². The fourth-order valence-corrected chi connectivity index (χ4v) is 3.00. The van der Waals surface area contributed by atoms with Crippen LogP contribution >= 0.6 is 0 Å². The molecule has 3 aromatic rings. The summed E-state index contributed by atoms with van der Waals surface area (Å²) < 4.78 is 20.7. The Kier molecular flexibility index (Phi) is 4.84. The van der Waals surface area contributed by atoms with E-state index in [1.807, 2.05) is 24.5 Å². The molecule has 3 rings (SSSR count). The zero-order chi connectivity index (χ0) is 18.8. The number of benzene rings is 2. The number of nitrogens with one attached hydrogen (secondary N) is 1. The molecule has 0 bridgehead atoms. The number of hydrogen-bond acceptors (Lipinski definition) is 3. The molecule has 0 saturated carbocycles. The summed E-state index contributed by atoms with van der Waals surface area (Å²) in [6.07, 6.45) is 0. The van der Waals surface area contributed by atoms with Crippen LogP contribution < -0.4 is 10.1 Å². The first kappa shape index (κ1) is 17.8. The van der Waals surface area contributed by atoms with Gasteiger partial charge in [-0.3, -0.25) is 4.79 Å². The maximum Gasteiger partial charge on any atom is 0.240 e. The van der Waals surface area contributed by atoms with Crippen molar-refractivity contribution in [2.75, 3.05) is 7.11 Å². The summed E-state index contributed by atoms with van der Waals surface area (Å²) >= 11 is 0. The maximum absolute atomic E-state index is 13.8. The van der Waals surface area contributed by atoms with Crippen LogP contribution in [0.1, 0.15) is 13.8 Å². The van der Waals surface area contributed by atoms with Crippen molar-refractivity contribution in [2.45, 2.75) is 26.4 Å². The summed E-state index contributed by atoms with van der Waals surface area (Å²) in [6.45, 7) is 3.91. The van der Waals surface area contributed by atoms with Gasteiger partial charge in [-0.1, -0.05) is 0 Å². The highest BCUT2D eigenvalue weighted by atomic mass is 19.1. The number of halogens is 1. The minimum absolute atomic E-state index is 0.0303. The molecule has 26 heavy (non-hydrogen) atoms. The lowest BCUT2D eigenvalue weighted by atomic mass is 10.1. The van der Waals surface area contributed by atoms with Crippen LogP contribution in [-0.4, -0.2) is 28.7 Å². The molecule has 1 amide bonds. The second kappa shape index (κ2) is 7.07. The summed E-state index contributed by atoms with van der Waals surface area (Å²) in [7, 11) is 1.41. The minimum Gasteiger partial charge on any atom is -0.508 e. The Labute approximate surface area is 151 Å². The van der Waals surface area contributed by atoms with Gasteiger partial charge in [0, 0.05) is 28.2 Å². The van der Waals surface area contributed by atoms with Crippen molar-refractivity contribution in [2.24, 2.45) is 0 Å². The molecule has 0 unspecified atom stereocenters. The van der Waals surface area contributed by atoms with E-state index in [0.29, 0.717) is 0 Å². The lowest BCUT2D eigenvalue weighted by Crippen LogP contribution is -2.33. The number of aromatic nitrogens is 1. The molecule has 2 aromatic carbocycles. The van der Waals surface area contributed by atoms with Gasteiger partial charge in [0.05, 0.1) is 7.11 Å². The highest BCUT2D eigenvalue weighted by molar-refractivity contribution is 5.90. The standard InChI is InChI=1S/C20H21FN2O3/c1-12(2)22-20(25)11-23-17-7-5-15(24)8-14(17)9-18(23)13-4-6-16(21)19(10-13)26-3/h4-10,12,24H,11H2,1-3H3,(H,22,25). The number of ether oxygens (including phenoxy) is 1. The summed E-state index contributed by atoms with van der Waals surface area (Å²) in [6, 6.07) is 11.4. The van der Waals surface area contributed by atoms with E-state index in [0.717, 1.165) is 22.2 Å². The monoisotopic (exact) mass is 356 g/mol. The quantitative estimate of drug-likeness (QED) is 0.733. The van der Waals surface area contributed by atoms with Crippen LogP contribution in [0.2, 0.25) is 0 Å². The van der Waals surface area contributed by atoms with Crippen molar-refractivity contribution < 1.29 is 19.0 Å². The van der Waals surface area contributed by atoms with E-state index in [2.05, 4.69) is 5.32 Å². The fraction of sp³-hybridized carbons (Fsp3) is 0.250. The number of aromatic hydroxyl groups is 1. The molecule has 1 heterocycles. The predicted molar refractivity (Wildman–Crippen MR) is 98.8 cm³/mol. The molecule has 5 nitrogen and oxygen atoms in total. The van der Waals surface area contributed by atoms with Gasteiger partial charge in [0.2, 0.25) is 5.91 Å². The third-order valence-electron chi connectivity index (χ3n) is 4.08. The Morgan fingerprint density at radius 2 is 2.00 bits per heavy atom. The number of carbonyl (C=O) groups is 1. The SMILES string of the molecule is COc1cc(-c2cc3cc(O)ccc3n2CC(=O)NC(C)C)ccc1F. The molecule has 0 spiro atoms. The molecule has 0 aliphatic rings. The van der Waals surface area contributed by atoms with Crippen molar-refractivity contribution in [1.29, 1.82) is 0 Å². The summed E-state index contributed by atoms with van der Waals surface area (Å²) in [5, 5.41) is 13.4. The first-order valence-corrected chi connectivity index (χ1v) is 8.34. The van der Waals surface area contributed by atoms with Gasteiger partial charge in [-0.15, -0.1) is 0 Å². The molecule has 0 aliphatic heterocycles. The molecule has 0 aliphatic carbocycles. The smallest absolute Gasteiger partial charge is 0.240 e. The number of nitrogens with zero attached hydrogens (tertiary/aromatic N) is 1. The lowest BCUT2D eigenvalue weighted by molar-refractivity contribution is -0.122. The number of fused-ring (bicyclic) bond motifs is 1. The first-order chi connectivity index (χ1) is 12.4. The van der Waals surface area contributed by atoms with Gasteiger partial charge in [-0.2, -0.15) is 0 Å². The van der Waals surface area contributed by atoms with Crippen LogP contribution in [0.5, 0.6) is 11.5 Å². The van der Waals surface area contributed by atoms with Gasteiger partial charge in [0.15, 0.2) is 11.6 Å². The average molecular weight is 356 g/mol. The number of rotatable bonds is 5. The van der Waals surface area contributed by atoms with Crippen LogP contribution in [0.25, 0.3) is 22.2 Å². The van der Waals surface area contributed by atoms with Crippen LogP contribution in [0, 0.1) is 5.82 Å². The Balaban J connectivity index is 2.14. The predicted octanol–water partition coefficient (Wildman–Crippen LogP) is 3.69. The van der Waals surface area contributed by atoms with Crippen LogP contribution in [0.4, 0.5) is 4.39 Å². The first-order valence-electron chi connectivity index (χ1n) is 8.34. The molecule has 1 aromatic heterocycles. The number of phenolic OH excluding ortho intramolecular Hbond substituents is 1. The second-order valence-corrected chi connectivity index (χ2v) is 6.43. The van der Waals surface area contributed by atoms with Crippen molar-refractivity contribution >= 4 is 16.8 Å². The van der Waals surface area contributed by atoms with E-state index >= 15 is 0 Å². The van der Waals surface area contributed by atoms with Crippen LogP contribution in [0.3, 0.4) is 0 Å².